The summed E-state index contributed by atoms with van der Waals surface area (Å²) in [6.07, 6.45) is 0.769. The van der Waals surface area contributed by atoms with Gasteiger partial charge in [-0.2, -0.15) is 0 Å². The minimum Gasteiger partial charge on any atom is -0.341 e. The summed E-state index contributed by atoms with van der Waals surface area (Å²) in [4.78, 5) is 15.4. The first kappa shape index (κ1) is 7.10. The van der Waals surface area contributed by atoms with Gasteiger partial charge in [-0.15, -0.1) is 0 Å². The lowest BCUT2D eigenvalue weighted by Crippen LogP contribution is -2.33. The fourth-order valence-corrected chi connectivity index (χ4v) is 2.26. The number of rotatable bonds is 0. The molecule has 62 valence electrons. The van der Waals surface area contributed by atoms with E-state index >= 15 is 0 Å². The smallest absolute Gasteiger partial charge is 0.223 e. The van der Waals surface area contributed by atoms with Crippen molar-refractivity contribution in [3.8, 4) is 0 Å². The highest BCUT2D eigenvalue weighted by Gasteiger charge is 2.42. The van der Waals surface area contributed by atoms with Gasteiger partial charge in [0.25, 0.3) is 0 Å². The van der Waals surface area contributed by atoms with E-state index in [2.05, 4.69) is 11.9 Å². The van der Waals surface area contributed by atoms with E-state index in [9.17, 15) is 4.79 Å². The molecule has 0 aromatic heterocycles. The van der Waals surface area contributed by atoms with Crippen molar-refractivity contribution in [1.82, 2.24) is 9.80 Å². The molecule has 3 nitrogen and oxygen atoms in total. The van der Waals surface area contributed by atoms with Crippen LogP contribution in [0.2, 0.25) is 0 Å². The molecule has 2 aliphatic rings. The second-order valence-electron chi connectivity index (χ2n) is 3.76. The Hall–Kier alpha value is -0.570. The van der Waals surface area contributed by atoms with Crippen molar-refractivity contribution in [3.05, 3.63) is 0 Å². The first-order chi connectivity index (χ1) is 5.18. The summed E-state index contributed by atoms with van der Waals surface area (Å²) in [7, 11) is 4.04. The molecule has 0 saturated carbocycles. The summed E-state index contributed by atoms with van der Waals surface area (Å²) in [5, 5.41) is 0. The van der Waals surface area contributed by atoms with Gasteiger partial charge in [0, 0.05) is 38.5 Å². The van der Waals surface area contributed by atoms with Crippen LogP contribution in [0.1, 0.15) is 6.42 Å². The molecule has 3 heteroatoms. The van der Waals surface area contributed by atoms with Gasteiger partial charge in [0.15, 0.2) is 0 Å². The minimum atomic E-state index is 0.327. The van der Waals surface area contributed by atoms with E-state index in [1.54, 1.807) is 0 Å². The molecule has 0 spiro atoms. The lowest BCUT2D eigenvalue weighted by atomic mass is 10.1. The molecule has 2 atom stereocenters. The second-order valence-corrected chi connectivity index (χ2v) is 3.76. The zero-order valence-corrected chi connectivity index (χ0v) is 7.08. The van der Waals surface area contributed by atoms with Crippen molar-refractivity contribution < 1.29 is 4.79 Å². The van der Waals surface area contributed by atoms with Crippen molar-refractivity contribution in [1.29, 1.82) is 0 Å². The zero-order valence-electron chi connectivity index (χ0n) is 7.08. The maximum absolute atomic E-state index is 11.2. The van der Waals surface area contributed by atoms with E-state index in [0.717, 1.165) is 19.5 Å². The van der Waals surface area contributed by atoms with Gasteiger partial charge in [-0.3, -0.25) is 4.79 Å². The van der Waals surface area contributed by atoms with Crippen LogP contribution in [0.5, 0.6) is 0 Å². The minimum absolute atomic E-state index is 0.327. The molecule has 2 fully saturated rings. The molecule has 0 N–H and O–H groups in total. The summed E-state index contributed by atoms with van der Waals surface area (Å²) in [6.45, 7) is 2.16. The third-order valence-electron chi connectivity index (χ3n) is 2.92. The largest absolute Gasteiger partial charge is 0.341 e. The van der Waals surface area contributed by atoms with Crippen LogP contribution < -0.4 is 0 Å². The van der Waals surface area contributed by atoms with Gasteiger partial charge < -0.3 is 9.80 Å². The first-order valence-corrected chi connectivity index (χ1v) is 4.12. The predicted octanol–water partition coefficient (Wildman–Crippen LogP) is -0.221. The fourth-order valence-electron chi connectivity index (χ4n) is 2.26. The van der Waals surface area contributed by atoms with E-state index < -0.39 is 0 Å². The average Bonchev–Trinajstić information content (AvgIpc) is 2.37. The van der Waals surface area contributed by atoms with Gasteiger partial charge in [-0.05, 0) is 7.05 Å². The predicted molar refractivity (Wildman–Crippen MR) is 42.2 cm³/mol. The Morgan fingerprint density at radius 1 is 1.36 bits per heavy atom. The summed E-state index contributed by atoms with van der Waals surface area (Å²) in [5.74, 6) is 0.936. The van der Waals surface area contributed by atoms with Crippen LogP contribution in [0, 0.1) is 5.92 Å². The third kappa shape index (κ3) is 0.948. The number of carbonyl (C=O) groups excluding carboxylic acids is 1. The van der Waals surface area contributed by atoms with Crippen LogP contribution in [-0.2, 0) is 4.79 Å². The second kappa shape index (κ2) is 2.21. The van der Waals surface area contributed by atoms with Gasteiger partial charge in [0.2, 0.25) is 5.91 Å². The number of likely N-dealkylation sites (N-methyl/N-ethyl adjacent to an activating group) is 2. The maximum atomic E-state index is 11.2. The van der Waals surface area contributed by atoms with Gasteiger partial charge in [0.05, 0.1) is 0 Å². The Balaban J connectivity index is 2.13. The van der Waals surface area contributed by atoms with Crippen LogP contribution in [0.3, 0.4) is 0 Å². The number of amides is 1. The van der Waals surface area contributed by atoms with Crippen molar-refractivity contribution in [2.75, 3.05) is 27.2 Å². The summed E-state index contributed by atoms with van der Waals surface area (Å²) >= 11 is 0. The molecular formula is C8H14N2O. The summed E-state index contributed by atoms with van der Waals surface area (Å²) < 4.78 is 0. The molecule has 2 heterocycles. The van der Waals surface area contributed by atoms with Crippen LogP contribution in [0.15, 0.2) is 0 Å². The Kier molecular flexibility index (Phi) is 1.42. The molecule has 0 aromatic carbocycles. The highest BCUT2D eigenvalue weighted by molar-refractivity contribution is 5.79. The van der Waals surface area contributed by atoms with E-state index in [0.29, 0.717) is 17.9 Å². The molecule has 2 saturated heterocycles. The molecule has 2 unspecified atom stereocenters. The Morgan fingerprint density at radius 3 is 2.73 bits per heavy atom. The number of fused-ring (bicyclic) bond motifs is 1. The molecule has 0 radical (unpaired) electrons. The zero-order chi connectivity index (χ0) is 8.01. The van der Waals surface area contributed by atoms with E-state index in [4.69, 9.17) is 0 Å². The Morgan fingerprint density at radius 2 is 2.09 bits per heavy atom. The highest BCUT2D eigenvalue weighted by Crippen LogP contribution is 2.29. The molecule has 0 bridgehead atoms. The van der Waals surface area contributed by atoms with Crippen LogP contribution >= 0.6 is 0 Å². The first-order valence-electron chi connectivity index (χ1n) is 4.12. The van der Waals surface area contributed by atoms with Crippen molar-refractivity contribution in [3.63, 3.8) is 0 Å². The molecular weight excluding hydrogens is 140 g/mol. The molecule has 2 aliphatic heterocycles. The number of likely N-dealkylation sites (tertiary alicyclic amines) is 2. The number of nitrogens with zero attached hydrogens (tertiary/aromatic N) is 2. The lowest BCUT2D eigenvalue weighted by molar-refractivity contribution is -0.127. The third-order valence-corrected chi connectivity index (χ3v) is 2.92. The van der Waals surface area contributed by atoms with Crippen LogP contribution in [0.25, 0.3) is 0 Å². The Bertz CT molecular complexity index is 193. The van der Waals surface area contributed by atoms with Crippen molar-refractivity contribution in [2.24, 2.45) is 5.92 Å². The molecule has 2 rings (SSSR count). The van der Waals surface area contributed by atoms with Gasteiger partial charge in [-0.25, -0.2) is 0 Å². The molecule has 11 heavy (non-hydrogen) atoms. The highest BCUT2D eigenvalue weighted by atomic mass is 16.2. The quantitative estimate of drug-likeness (QED) is 0.481. The van der Waals surface area contributed by atoms with E-state index in [-0.39, 0.29) is 0 Å². The normalized spacial score (nSPS) is 38.4. The van der Waals surface area contributed by atoms with Crippen LogP contribution in [0.4, 0.5) is 0 Å². The average molecular weight is 154 g/mol. The summed E-state index contributed by atoms with van der Waals surface area (Å²) in [6, 6.07) is 0.507. The van der Waals surface area contributed by atoms with Gasteiger partial charge in [-0.1, -0.05) is 0 Å². The molecule has 1 amide bonds. The Labute approximate surface area is 67.0 Å². The van der Waals surface area contributed by atoms with Crippen molar-refractivity contribution >= 4 is 5.91 Å². The van der Waals surface area contributed by atoms with Gasteiger partial charge in [0.1, 0.15) is 0 Å². The maximum Gasteiger partial charge on any atom is 0.223 e. The number of hydrogen-bond donors (Lipinski definition) is 0. The van der Waals surface area contributed by atoms with Crippen LogP contribution in [-0.4, -0.2) is 48.9 Å². The van der Waals surface area contributed by atoms with Gasteiger partial charge >= 0.3 is 0 Å². The lowest BCUT2D eigenvalue weighted by Gasteiger charge is -2.18. The summed E-state index contributed by atoms with van der Waals surface area (Å²) in [5.41, 5.74) is 0. The SMILES string of the molecule is CN1CC2CC(=O)N(C)C2C1. The number of hydrogen-bond acceptors (Lipinski definition) is 2. The molecule has 0 aromatic rings. The fraction of sp³-hybridized carbons (Fsp3) is 0.875. The number of carbonyl (C=O) groups is 1. The standard InChI is InChI=1S/C8H14N2O/c1-9-4-6-3-8(11)10(2)7(6)5-9/h6-7H,3-5H2,1-2H3. The molecule has 0 aliphatic carbocycles. The monoisotopic (exact) mass is 154 g/mol. The van der Waals surface area contributed by atoms with Crippen molar-refractivity contribution in [2.45, 2.75) is 12.5 Å². The van der Waals surface area contributed by atoms with E-state index in [1.165, 1.54) is 0 Å². The van der Waals surface area contributed by atoms with E-state index in [1.807, 2.05) is 11.9 Å². The topological polar surface area (TPSA) is 23.6 Å².